The number of hydrogen-bond donors (Lipinski definition) is 1. The molecule has 0 saturated heterocycles. The second kappa shape index (κ2) is 5.47. The molecule has 20 heavy (non-hydrogen) atoms. The summed E-state index contributed by atoms with van der Waals surface area (Å²) in [6.45, 7) is 6.03. The third kappa shape index (κ3) is 3.22. The Bertz CT molecular complexity index is 688. The first-order valence-corrected chi connectivity index (χ1v) is 7.20. The van der Waals surface area contributed by atoms with Gasteiger partial charge in [-0.05, 0) is 37.8 Å². The number of nitrogens with one attached hydrogen (secondary N) is 1. The van der Waals surface area contributed by atoms with Gasteiger partial charge in [-0.15, -0.1) is 0 Å². The van der Waals surface area contributed by atoms with E-state index in [1.54, 1.807) is 6.07 Å². The second-order valence-corrected chi connectivity index (χ2v) is 7.00. The lowest BCUT2D eigenvalue weighted by Gasteiger charge is -2.28. The Hall–Kier alpha value is -0.910. The summed E-state index contributed by atoms with van der Waals surface area (Å²) in [5.74, 6) is -0.435. The molecule has 0 fully saturated rings. The van der Waals surface area contributed by atoms with Crippen LogP contribution in [0.5, 0.6) is 0 Å². The van der Waals surface area contributed by atoms with Crippen LogP contribution in [0.1, 0.15) is 13.8 Å². The molecule has 0 radical (unpaired) electrons. The van der Waals surface area contributed by atoms with Gasteiger partial charge in [0.1, 0.15) is 5.82 Å². The number of benzene rings is 1. The summed E-state index contributed by atoms with van der Waals surface area (Å²) in [5.41, 5.74) is 1.56. The molecule has 0 atom stereocenters. The number of H-pyrrole nitrogens is 1. The minimum Gasteiger partial charge on any atom is -0.330 e. The Morgan fingerprint density at radius 1 is 1.40 bits per heavy atom. The van der Waals surface area contributed by atoms with Crippen molar-refractivity contribution in [2.24, 2.45) is 5.41 Å². The van der Waals surface area contributed by atoms with Gasteiger partial charge in [-0.2, -0.15) is 0 Å². The van der Waals surface area contributed by atoms with E-state index in [0.717, 1.165) is 18.6 Å². The van der Waals surface area contributed by atoms with Gasteiger partial charge in [0.2, 0.25) is 0 Å². The Labute approximate surface area is 128 Å². The van der Waals surface area contributed by atoms with Crippen molar-refractivity contribution in [2.45, 2.75) is 20.4 Å². The lowest BCUT2D eigenvalue weighted by atomic mass is 9.93. The predicted molar refractivity (Wildman–Crippen MR) is 84.4 cm³/mol. The zero-order chi connectivity index (χ0) is 15.1. The highest BCUT2D eigenvalue weighted by Crippen LogP contribution is 2.26. The number of imidazole rings is 1. The first-order valence-electron chi connectivity index (χ1n) is 6.42. The minimum absolute atomic E-state index is 0.0394. The number of nitrogens with zero attached hydrogens (tertiary/aromatic N) is 2. The minimum atomic E-state index is -0.435. The molecule has 3 nitrogen and oxygen atoms in total. The van der Waals surface area contributed by atoms with Crippen LogP contribution >= 0.6 is 23.8 Å². The molecule has 1 heterocycles. The molecule has 0 saturated carbocycles. The van der Waals surface area contributed by atoms with Crippen molar-refractivity contribution in [3.8, 4) is 0 Å². The summed E-state index contributed by atoms with van der Waals surface area (Å²) < 4.78 is 16.1. The molecule has 0 bridgehead atoms. The molecule has 0 aliphatic rings. The second-order valence-electron chi connectivity index (χ2n) is 6.20. The number of hydrogen-bond acceptors (Lipinski definition) is 2. The van der Waals surface area contributed by atoms with E-state index in [1.807, 2.05) is 18.7 Å². The zero-order valence-corrected chi connectivity index (χ0v) is 13.7. The van der Waals surface area contributed by atoms with E-state index in [4.69, 9.17) is 23.8 Å². The normalized spacial score (nSPS) is 12.6. The van der Waals surface area contributed by atoms with Gasteiger partial charge < -0.3 is 14.5 Å². The zero-order valence-electron chi connectivity index (χ0n) is 12.1. The third-order valence-corrected chi connectivity index (χ3v) is 3.76. The molecule has 1 aromatic carbocycles. The van der Waals surface area contributed by atoms with E-state index in [-0.39, 0.29) is 10.4 Å². The molecular formula is C14H19ClFN3S. The highest BCUT2D eigenvalue weighted by molar-refractivity contribution is 7.71. The summed E-state index contributed by atoms with van der Waals surface area (Å²) in [4.78, 5) is 5.18. The standard InChI is InChI=1S/C14H19ClFN3S/c1-14(2,7-18(3)4)8-19-12-5-9(15)10(16)6-11(12)17-13(19)20/h5-6H,7-8H2,1-4H3,(H,17,20). The third-order valence-electron chi connectivity index (χ3n) is 3.15. The number of rotatable bonds is 4. The van der Waals surface area contributed by atoms with Gasteiger partial charge in [-0.3, -0.25) is 0 Å². The lowest BCUT2D eigenvalue weighted by molar-refractivity contribution is 0.212. The van der Waals surface area contributed by atoms with Gasteiger partial charge in [-0.25, -0.2) is 4.39 Å². The molecule has 0 amide bonds. The van der Waals surface area contributed by atoms with E-state index in [0.29, 0.717) is 10.3 Å². The van der Waals surface area contributed by atoms with E-state index in [1.165, 1.54) is 6.07 Å². The highest BCUT2D eigenvalue weighted by atomic mass is 35.5. The van der Waals surface area contributed by atoms with E-state index in [2.05, 4.69) is 23.7 Å². The molecule has 2 rings (SSSR count). The van der Waals surface area contributed by atoms with Crippen molar-refractivity contribution in [3.63, 3.8) is 0 Å². The van der Waals surface area contributed by atoms with E-state index >= 15 is 0 Å². The lowest BCUT2D eigenvalue weighted by Crippen LogP contribution is -2.32. The van der Waals surface area contributed by atoms with Gasteiger partial charge in [0, 0.05) is 19.2 Å². The van der Waals surface area contributed by atoms with Crippen LogP contribution in [0.4, 0.5) is 4.39 Å². The van der Waals surface area contributed by atoms with Crippen LogP contribution in [0, 0.1) is 16.0 Å². The Balaban J connectivity index is 2.47. The van der Waals surface area contributed by atoms with E-state index < -0.39 is 5.82 Å². The molecule has 0 unspecified atom stereocenters. The molecule has 6 heteroatoms. The van der Waals surface area contributed by atoms with Crippen LogP contribution in [-0.2, 0) is 6.54 Å². The largest absolute Gasteiger partial charge is 0.330 e. The average Bonchev–Trinajstić information content (AvgIpc) is 2.54. The summed E-state index contributed by atoms with van der Waals surface area (Å²) >= 11 is 11.2. The Morgan fingerprint density at radius 3 is 2.65 bits per heavy atom. The molecule has 0 spiro atoms. The topological polar surface area (TPSA) is 24.0 Å². The van der Waals surface area contributed by atoms with Crippen molar-refractivity contribution < 1.29 is 4.39 Å². The van der Waals surface area contributed by atoms with Gasteiger partial charge in [0.15, 0.2) is 4.77 Å². The molecular weight excluding hydrogens is 297 g/mol. The summed E-state index contributed by atoms with van der Waals surface area (Å²) in [7, 11) is 4.09. The van der Waals surface area contributed by atoms with Crippen molar-refractivity contribution in [1.82, 2.24) is 14.5 Å². The van der Waals surface area contributed by atoms with Crippen molar-refractivity contribution in [3.05, 3.63) is 27.7 Å². The summed E-state index contributed by atoms with van der Waals surface area (Å²) in [6.07, 6.45) is 0. The van der Waals surface area contributed by atoms with Gasteiger partial charge in [0.05, 0.1) is 16.1 Å². The van der Waals surface area contributed by atoms with Crippen LogP contribution in [0.25, 0.3) is 11.0 Å². The fraction of sp³-hybridized carbons (Fsp3) is 0.500. The quantitative estimate of drug-likeness (QED) is 0.860. The number of fused-ring (bicyclic) bond motifs is 1. The van der Waals surface area contributed by atoms with Gasteiger partial charge in [-0.1, -0.05) is 25.4 Å². The van der Waals surface area contributed by atoms with Crippen molar-refractivity contribution in [1.29, 1.82) is 0 Å². The monoisotopic (exact) mass is 315 g/mol. The number of halogens is 2. The summed E-state index contributed by atoms with van der Waals surface area (Å²) in [6, 6.07) is 3.02. The van der Waals surface area contributed by atoms with Gasteiger partial charge >= 0.3 is 0 Å². The fourth-order valence-electron chi connectivity index (χ4n) is 2.64. The molecule has 1 N–H and O–H groups in total. The molecule has 0 aliphatic heterocycles. The van der Waals surface area contributed by atoms with Crippen molar-refractivity contribution >= 4 is 34.9 Å². The predicted octanol–water partition coefficient (Wildman–Crippen LogP) is 4.08. The molecule has 2 aromatic rings. The summed E-state index contributed by atoms with van der Waals surface area (Å²) in [5, 5.41) is 0.116. The van der Waals surface area contributed by atoms with Crippen LogP contribution in [-0.4, -0.2) is 35.1 Å². The SMILES string of the molecule is CN(C)CC(C)(C)Cn1c(=S)[nH]c2cc(F)c(Cl)cc21. The molecule has 0 aliphatic carbocycles. The van der Waals surface area contributed by atoms with Crippen LogP contribution in [0.15, 0.2) is 12.1 Å². The van der Waals surface area contributed by atoms with Crippen LogP contribution in [0.2, 0.25) is 5.02 Å². The maximum Gasteiger partial charge on any atom is 0.178 e. The number of aromatic amines is 1. The Kier molecular flexibility index (Phi) is 4.23. The maximum atomic E-state index is 13.5. The smallest absolute Gasteiger partial charge is 0.178 e. The van der Waals surface area contributed by atoms with Crippen molar-refractivity contribution in [2.75, 3.05) is 20.6 Å². The highest BCUT2D eigenvalue weighted by Gasteiger charge is 2.21. The Morgan fingerprint density at radius 2 is 2.05 bits per heavy atom. The molecule has 110 valence electrons. The molecule has 1 aromatic heterocycles. The maximum absolute atomic E-state index is 13.5. The van der Waals surface area contributed by atoms with Crippen LogP contribution in [0.3, 0.4) is 0 Å². The first-order chi connectivity index (χ1) is 9.19. The van der Waals surface area contributed by atoms with E-state index in [9.17, 15) is 4.39 Å². The van der Waals surface area contributed by atoms with Gasteiger partial charge in [0.25, 0.3) is 0 Å². The number of aromatic nitrogens is 2. The average molecular weight is 316 g/mol. The van der Waals surface area contributed by atoms with Crippen LogP contribution < -0.4 is 0 Å². The first kappa shape index (κ1) is 15.5. The fourth-order valence-corrected chi connectivity index (χ4v) is 3.07.